The van der Waals surface area contributed by atoms with Crippen LogP contribution < -0.4 is 15.0 Å². The number of carbonyl (C=O) groups excluding carboxylic acids is 1. The Morgan fingerprint density at radius 3 is 2.71 bits per heavy atom. The zero-order chi connectivity index (χ0) is 22.0. The molecular formula is C21H22FN3O4S2. The largest absolute Gasteiger partial charge is 0.492 e. The average Bonchev–Trinajstić information content (AvgIpc) is 3.22. The molecule has 2 aromatic rings. The lowest BCUT2D eigenvalue weighted by Crippen LogP contribution is -2.37. The lowest BCUT2D eigenvalue weighted by atomic mass is 10.2. The van der Waals surface area contributed by atoms with Crippen molar-refractivity contribution in [1.29, 1.82) is 0 Å². The number of halogens is 1. The van der Waals surface area contributed by atoms with Crippen LogP contribution in [0.1, 0.15) is 6.92 Å². The Hall–Kier alpha value is -2.59. The molecule has 0 saturated carbocycles. The van der Waals surface area contributed by atoms with Gasteiger partial charge in [-0.1, -0.05) is 36.0 Å². The molecule has 4 rings (SSSR count). The van der Waals surface area contributed by atoms with Gasteiger partial charge in [0.25, 0.3) is 0 Å². The van der Waals surface area contributed by atoms with Crippen LogP contribution in [0, 0.1) is 5.82 Å². The van der Waals surface area contributed by atoms with E-state index in [1.165, 1.54) is 22.7 Å². The van der Waals surface area contributed by atoms with Gasteiger partial charge in [-0.05, 0) is 31.2 Å². The third-order valence-electron chi connectivity index (χ3n) is 4.94. The molecule has 2 aliphatic heterocycles. The maximum atomic E-state index is 14.6. The summed E-state index contributed by atoms with van der Waals surface area (Å²) >= 11 is 1.28. The first-order chi connectivity index (χ1) is 14.9. The molecule has 0 unspecified atom stereocenters. The molecule has 7 nitrogen and oxygen atoms in total. The predicted molar refractivity (Wildman–Crippen MR) is 121 cm³/mol. The van der Waals surface area contributed by atoms with Crippen LogP contribution in [0.2, 0.25) is 0 Å². The number of amidine groups is 1. The smallest absolute Gasteiger partial charge is 0.244 e. The van der Waals surface area contributed by atoms with Crippen molar-refractivity contribution in [2.45, 2.75) is 18.2 Å². The lowest BCUT2D eigenvalue weighted by molar-refractivity contribution is -0.114. The summed E-state index contributed by atoms with van der Waals surface area (Å²) in [5.74, 6) is -0.300. The average molecular weight is 464 g/mol. The second-order valence-corrected chi connectivity index (χ2v) is 10.6. The van der Waals surface area contributed by atoms with Crippen molar-refractivity contribution in [2.24, 2.45) is 4.99 Å². The fraction of sp³-hybridized carbons (Fsp3) is 0.333. The summed E-state index contributed by atoms with van der Waals surface area (Å²) in [7, 11) is -3.12. The van der Waals surface area contributed by atoms with E-state index in [0.29, 0.717) is 23.2 Å². The standard InChI is InChI=1S/C21H22FN3O4S2/c1-2-29-18-10-6-4-8-15(18)23-20(26)11-25(17-9-5-3-7-14(17)22)21-24-16-12-31(27,28)13-19(16)30-21/h3-10,16,19H,2,11-13H2,1H3,(H,23,26)/t16-,19+/m0/s1. The van der Waals surface area contributed by atoms with E-state index in [1.807, 2.05) is 13.0 Å². The summed E-state index contributed by atoms with van der Waals surface area (Å²) in [5.41, 5.74) is 0.733. The van der Waals surface area contributed by atoms with Gasteiger partial charge in [0, 0.05) is 5.25 Å². The number of benzene rings is 2. The van der Waals surface area contributed by atoms with E-state index in [-0.39, 0.29) is 40.9 Å². The van der Waals surface area contributed by atoms with Gasteiger partial charge in [-0.3, -0.25) is 9.79 Å². The molecule has 2 aliphatic rings. The summed E-state index contributed by atoms with van der Waals surface area (Å²) in [6, 6.07) is 12.8. The van der Waals surface area contributed by atoms with Crippen LogP contribution in [0.5, 0.6) is 5.75 Å². The van der Waals surface area contributed by atoms with Gasteiger partial charge in [-0.25, -0.2) is 12.8 Å². The molecule has 31 heavy (non-hydrogen) atoms. The first-order valence-corrected chi connectivity index (χ1v) is 12.5. The predicted octanol–water partition coefficient (Wildman–Crippen LogP) is 2.94. The maximum Gasteiger partial charge on any atom is 0.244 e. The van der Waals surface area contributed by atoms with E-state index >= 15 is 0 Å². The summed E-state index contributed by atoms with van der Waals surface area (Å²) in [4.78, 5) is 18.9. The van der Waals surface area contributed by atoms with Gasteiger partial charge >= 0.3 is 0 Å². The van der Waals surface area contributed by atoms with E-state index in [2.05, 4.69) is 10.3 Å². The van der Waals surface area contributed by atoms with Gasteiger partial charge in [-0.2, -0.15) is 0 Å². The SMILES string of the molecule is CCOc1ccccc1NC(=O)CN(C1=N[C@H]2CS(=O)(=O)C[C@H]2S1)c1ccccc1F. The van der Waals surface area contributed by atoms with Crippen LogP contribution in [0.25, 0.3) is 0 Å². The molecule has 1 N–H and O–H groups in total. The molecule has 0 spiro atoms. The number of fused-ring (bicyclic) bond motifs is 1. The van der Waals surface area contributed by atoms with Gasteiger partial charge < -0.3 is 15.0 Å². The Morgan fingerprint density at radius 2 is 1.97 bits per heavy atom. The maximum absolute atomic E-state index is 14.6. The Balaban J connectivity index is 1.58. The Bertz CT molecular complexity index is 1120. The molecule has 2 aromatic carbocycles. The highest BCUT2D eigenvalue weighted by molar-refractivity contribution is 8.15. The number of sulfone groups is 1. The van der Waals surface area contributed by atoms with Gasteiger partial charge in [-0.15, -0.1) is 0 Å². The molecule has 1 amide bonds. The van der Waals surface area contributed by atoms with Crippen LogP contribution in [-0.4, -0.2) is 55.4 Å². The van der Waals surface area contributed by atoms with Crippen molar-refractivity contribution in [3.8, 4) is 5.75 Å². The minimum atomic E-state index is -3.12. The second kappa shape index (κ2) is 8.88. The molecule has 0 bridgehead atoms. The number of nitrogens with one attached hydrogen (secondary N) is 1. The minimum absolute atomic E-state index is 0.0206. The zero-order valence-electron chi connectivity index (χ0n) is 16.8. The zero-order valence-corrected chi connectivity index (χ0v) is 18.5. The van der Waals surface area contributed by atoms with Crippen molar-refractivity contribution in [3.05, 3.63) is 54.3 Å². The second-order valence-electron chi connectivity index (χ2n) is 7.23. The summed E-state index contributed by atoms with van der Waals surface area (Å²) in [6.07, 6.45) is 0. The first-order valence-electron chi connectivity index (χ1n) is 9.85. The van der Waals surface area contributed by atoms with Crippen LogP contribution >= 0.6 is 11.8 Å². The third-order valence-corrected chi connectivity index (χ3v) is 8.19. The molecule has 1 fully saturated rings. The van der Waals surface area contributed by atoms with Crippen molar-refractivity contribution >= 4 is 44.0 Å². The van der Waals surface area contributed by atoms with Gasteiger partial charge in [0.1, 0.15) is 18.1 Å². The molecule has 10 heteroatoms. The van der Waals surface area contributed by atoms with Gasteiger partial charge in [0.05, 0.1) is 35.5 Å². The van der Waals surface area contributed by atoms with E-state index in [9.17, 15) is 17.6 Å². The number of hydrogen-bond donors (Lipinski definition) is 1. The number of amides is 1. The molecule has 2 atom stereocenters. The van der Waals surface area contributed by atoms with Gasteiger partial charge in [0.2, 0.25) is 5.91 Å². The monoisotopic (exact) mass is 463 g/mol. The molecule has 164 valence electrons. The van der Waals surface area contributed by atoms with Crippen molar-refractivity contribution in [2.75, 3.05) is 34.9 Å². The van der Waals surface area contributed by atoms with Crippen molar-refractivity contribution in [3.63, 3.8) is 0 Å². The third kappa shape index (κ3) is 4.85. The molecule has 1 saturated heterocycles. The molecule has 0 aliphatic carbocycles. The van der Waals surface area contributed by atoms with E-state index in [0.717, 1.165) is 0 Å². The number of anilines is 2. The van der Waals surface area contributed by atoms with Crippen LogP contribution in [0.4, 0.5) is 15.8 Å². The van der Waals surface area contributed by atoms with E-state index in [4.69, 9.17) is 4.74 Å². The number of para-hydroxylation sites is 3. The fourth-order valence-electron chi connectivity index (χ4n) is 3.58. The number of nitrogens with zero attached hydrogens (tertiary/aromatic N) is 2. The molecular weight excluding hydrogens is 441 g/mol. The molecule has 0 radical (unpaired) electrons. The quantitative estimate of drug-likeness (QED) is 0.709. The number of hydrogen-bond acceptors (Lipinski definition) is 7. The van der Waals surface area contributed by atoms with E-state index in [1.54, 1.807) is 36.4 Å². The highest BCUT2D eigenvalue weighted by Crippen LogP contribution is 2.37. The summed E-state index contributed by atoms with van der Waals surface area (Å²) in [6.45, 7) is 2.12. The number of rotatable bonds is 6. The Labute approximate surface area is 184 Å². The van der Waals surface area contributed by atoms with Crippen molar-refractivity contribution in [1.82, 2.24) is 0 Å². The number of carbonyl (C=O) groups is 1. The highest BCUT2D eigenvalue weighted by Gasteiger charge is 2.44. The van der Waals surface area contributed by atoms with Crippen molar-refractivity contribution < 1.29 is 22.3 Å². The topological polar surface area (TPSA) is 88.1 Å². The normalized spacial score (nSPS) is 21.3. The fourth-order valence-corrected chi connectivity index (χ4v) is 7.36. The van der Waals surface area contributed by atoms with Crippen LogP contribution in [0.15, 0.2) is 53.5 Å². The molecule has 0 aromatic heterocycles. The Kier molecular flexibility index (Phi) is 6.19. The van der Waals surface area contributed by atoms with Crippen LogP contribution in [-0.2, 0) is 14.6 Å². The molecule has 2 heterocycles. The first kappa shape index (κ1) is 21.6. The van der Waals surface area contributed by atoms with E-state index < -0.39 is 15.7 Å². The lowest BCUT2D eigenvalue weighted by Gasteiger charge is -2.24. The number of ether oxygens (including phenoxy) is 1. The highest BCUT2D eigenvalue weighted by atomic mass is 32.2. The number of thioether (sulfide) groups is 1. The summed E-state index contributed by atoms with van der Waals surface area (Å²) in [5, 5.41) is 3.05. The van der Waals surface area contributed by atoms with Gasteiger partial charge in [0.15, 0.2) is 15.0 Å². The van der Waals surface area contributed by atoms with Crippen LogP contribution in [0.3, 0.4) is 0 Å². The minimum Gasteiger partial charge on any atom is -0.492 e. The Morgan fingerprint density at radius 1 is 1.23 bits per heavy atom. The number of aliphatic imine (C=N–C) groups is 1. The summed E-state index contributed by atoms with van der Waals surface area (Å²) < 4.78 is 43.9.